The summed E-state index contributed by atoms with van der Waals surface area (Å²) >= 11 is 5.39. The molecule has 0 saturated heterocycles. The second-order valence-electron chi connectivity index (χ2n) is 5.74. The number of carbonyl (C=O) groups is 1. The Kier molecular flexibility index (Phi) is 4.51. The van der Waals surface area contributed by atoms with Gasteiger partial charge < -0.3 is 10.3 Å². The first-order valence-electron chi connectivity index (χ1n) is 7.30. The van der Waals surface area contributed by atoms with Gasteiger partial charge in [-0.1, -0.05) is 20.8 Å². The quantitative estimate of drug-likeness (QED) is 0.833. The van der Waals surface area contributed by atoms with Crippen LogP contribution in [0.1, 0.15) is 39.4 Å². The first-order chi connectivity index (χ1) is 9.86. The van der Waals surface area contributed by atoms with Crippen LogP contribution in [0.25, 0.3) is 11.2 Å². The molecule has 21 heavy (non-hydrogen) atoms. The van der Waals surface area contributed by atoms with E-state index in [0.717, 1.165) is 23.3 Å². The van der Waals surface area contributed by atoms with E-state index in [2.05, 4.69) is 36.2 Å². The van der Waals surface area contributed by atoms with Crippen molar-refractivity contribution in [3.63, 3.8) is 0 Å². The third kappa shape index (κ3) is 2.88. The molecule has 1 amide bonds. The normalized spacial score (nSPS) is 13.0. The van der Waals surface area contributed by atoms with Crippen molar-refractivity contribution in [2.75, 3.05) is 6.54 Å². The molecule has 0 aliphatic carbocycles. The fraction of sp³-hybridized carbons (Fsp3) is 0.643. The topological polar surface area (TPSA) is 67.6 Å². The molecule has 2 aromatic rings. The summed E-state index contributed by atoms with van der Waals surface area (Å²) in [6.07, 6.45) is 0.820. The predicted molar refractivity (Wildman–Crippen MR) is 85.8 cm³/mol. The van der Waals surface area contributed by atoms with Crippen molar-refractivity contribution in [2.45, 2.75) is 40.2 Å². The summed E-state index contributed by atoms with van der Waals surface area (Å²) in [5, 5.41) is 7.43. The Morgan fingerprint density at radius 2 is 2.10 bits per heavy atom. The highest BCUT2D eigenvalue weighted by atomic mass is 32.1. The van der Waals surface area contributed by atoms with Gasteiger partial charge in [0.1, 0.15) is 11.6 Å². The SMILES string of the molecule is CCc1nn(C)c2c1[nH]c(=S)n2C(C)C(=O)NCC(C)C. The number of aryl methyl sites for hydroxylation is 2. The van der Waals surface area contributed by atoms with E-state index in [9.17, 15) is 4.79 Å². The molecular formula is C14H23N5OS. The second kappa shape index (κ2) is 6.01. The minimum absolute atomic E-state index is 0.0278. The highest BCUT2D eigenvalue weighted by Gasteiger charge is 2.22. The summed E-state index contributed by atoms with van der Waals surface area (Å²) < 4.78 is 4.18. The maximum atomic E-state index is 12.3. The fourth-order valence-corrected chi connectivity index (χ4v) is 2.76. The molecule has 2 N–H and O–H groups in total. The predicted octanol–water partition coefficient (Wildman–Crippen LogP) is 2.33. The van der Waals surface area contributed by atoms with Gasteiger partial charge in [0.15, 0.2) is 10.4 Å². The summed E-state index contributed by atoms with van der Waals surface area (Å²) in [5.41, 5.74) is 2.75. The molecule has 2 heterocycles. The average molecular weight is 309 g/mol. The fourth-order valence-electron chi connectivity index (χ4n) is 2.41. The van der Waals surface area contributed by atoms with Gasteiger partial charge in [0.2, 0.25) is 5.91 Å². The van der Waals surface area contributed by atoms with E-state index in [1.54, 1.807) is 4.68 Å². The first kappa shape index (κ1) is 15.8. The molecule has 0 aliphatic rings. The number of hydrogen-bond donors (Lipinski definition) is 2. The molecular weight excluding hydrogens is 286 g/mol. The third-order valence-electron chi connectivity index (χ3n) is 3.55. The Balaban J connectivity index is 2.41. The van der Waals surface area contributed by atoms with Gasteiger partial charge in [0.25, 0.3) is 0 Å². The molecule has 2 aromatic heterocycles. The minimum Gasteiger partial charge on any atom is -0.354 e. The van der Waals surface area contributed by atoms with Crippen molar-refractivity contribution in [1.82, 2.24) is 24.6 Å². The lowest BCUT2D eigenvalue weighted by atomic mass is 10.2. The van der Waals surface area contributed by atoms with Crippen molar-refractivity contribution in [3.05, 3.63) is 10.5 Å². The van der Waals surface area contributed by atoms with Gasteiger partial charge in [-0.15, -0.1) is 0 Å². The Bertz CT molecular complexity index is 709. The zero-order valence-corrected chi connectivity index (χ0v) is 14.0. The second-order valence-corrected chi connectivity index (χ2v) is 6.12. The minimum atomic E-state index is -0.370. The van der Waals surface area contributed by atoms with E-state index in [4.69, 9.17) is 12.2 Å². The maximum Gasteiger partial charge on any atom is 0.242 e. The third-order valence-corrected chi connectivity index (χ3v) is 3.85. The van der Waals surface area contributed by atoms with Crippen molar-refractivity contribution in [2.24, 2.45) is 13.0 Å². The van der Waals surface area contributed by atoms with Crippen molar-refractivity contribution < 1.29 is 4.79 Å². The van der Waals surface area contributed by atoms with E-state index in [1.807, 2.05) is 18.5 Å². The molecule has 6 nitrogen and oxygen atoms in total. The molecule has 2 rings (SSSR count). The molecule has 7 heteroatoms. The largest absolute Gasteiger partial charge is 0.354 e. The zero-order valence-electron chi connectivity index (χ0n) is 13.2. The summed E-state index contributed by atoms with van der Waals surface area (Å²) in [7, 11) is 1.87. The van der Waals surface area contributed by atoms with Crippen LogP contribution in [0, 0.1) is 10.7 Å². The molecule has 116 valence electrons. The lowest BCUT2D eigenvalue weighted by Gasteiger charge is -2.15. The number of aromatic nitrogens is 4. The van der Waals surface area contributed by atoms with Crippen molar-refractivity contribution in [3.8, 4) is 0 Å². The number of amides is 1. The highest BCUT2D eigenvalue weighted by Crippen LogP contribution is 2.22. The Morgan fingerprint density at radius 1 is 1.43 bits per heavy atom. The number of imidazole rings is 1. The van der Waals surface area contributed by atoms with Crippen LogP contribution in [-0.4, -0.2) is 31.8 Å². The molecule has 0 aromatic carbocycles. The van der Waals surface area contributed by atoms with E-state index in [-0.39, 0.29) is 11.9 Å². The van der Waals surface area contributed by atoms with E-state index < -0.39 is 0 Å². The first-order valence-corrected chi connectivity index (χ1v) is 7.71. The van der Waals surface area contributed by atoms with Gasteiger partial charge in [-0.3, -0.25) is 14.0 Å². The average Bonchev–Trinajstić information content (AvgIpc) is 2.92. The van der Waals surface area contributed by atoms with Crippen molar-refractivity contribution >= 4 is 29.3 Å². The van der Waals surface area contributed by atoms with Gasteiger partial charge in [0, 0.05) is 13.6 Å². The number of nitrogens with zero attached hydrogens (tertiary/aromatic N) is 3. The van der Waals surface area contributed by atoms with Gasteiger partial charge in [-0.2, -0.15) is 5.10 Å². The van der Waals surface area contributed by atoms with Crippen LogP contribution in [0.4, 0.5) is 0 Å². The van der Waals surface area contributed by atoms with Crippen LogP contribution in [-0.2, 0) is 18.3 Å². The molecule has 0 bridgehead atoms. The van der Waals surface area contributed by atoms with Gasteiger partial charge in [0.05, 0.1) is 5.69 Å². The van der Waals surface area contributed by atoms with Crippen LogP contribution >= 0.6 is 12.2 Å². The molecule has 0 aliphatic heterocycles. The van der Waals surface area contributed by atoms with Crippen LogP contribution in [0.5, 0.6) is 0 Å². The van der Waals surface area contributed by atoms with E-state index >= 15 is 0 Å². The number of aromatic amines is 1. The Labute approximate surface area is 129 Å². The number of hydrogen-bond acceptors (Lipinski definition) is 3. The number of nitrogens with one attached hydrogen (secondary N) is 2. The molecule has 0 saturated carbocycles. The number of carbonyl (C=O) groups excluding carboxylic acids is 1. The monoisotopic (exact) mass is 309 g/mol. The van der Waals surface area contributed by atoms with Crippen LogP contribution in [0.15, 0.2) is 0 Å². The summed E-state index contributed by atoms with van der Waals surface area (Å²) in [4.78, 5) is 15.5. The molecule has 0 radical (unpaired) electrons. The van der Waals surface area contributed by atoms with Crippen LogP contribution < -0.4 is 5.32 Å². The summed E-state index contributed by atoms with van der Waals surface area (Å²) in [5.74, 6) is 0.392. The molecule has 1 atom stereocenters. The lowest BCUT2D eigenvalue weighted by Crippen LogP contribution is -2.33. The maximum absolute atomic E-state index is 12.3. The van der Waals surface area contributed by atoms with Gasteiger partial charge in [-0.05, 0) is 31.5 Å². The standard InChI is InChI=1S/C14H23N5OS/c1-6-10-11-13(18(5)17-10)19(14(21)16-11)9(4)12(20)15-7-8(2)3/h8-9H,6-7H2,1-5H3,(H,15,20)(H,16,21). The summed E-state index contributed by atoms with van der Waals surface area (Å²) in [6.45, 7) is 8.71. The number of rotatable bonds is 5. The molecule has 0 fully saturated rings. The Hall–Kier alpha value is -1.63. The van der Waals surface area contributed by atoms with Crippen molar-refractivity contribution in [1.29, 1.82) is 0 Å². The molecule has 1 unspecified atom stereocenters. The number of fused-ring (bicyclic) bond motifs is 1. The van der Waals surface area contributed by atoms with Crippen LogP contribution in [0.2, 0.25) is 0 Å². The van der Waals surface area contributed by atoms with Crippen LogP contribution in [0.3, 0.4) is 0 Å². The lowest BCUT2D eigenvalue weighted by molar-refractivity contribution is -0.123. The molecule has 0 spiro atoms. The Morgan fingerprint density at radius 3 is 2.67 bits per heavy atom. The van der Waals surface area contributed by atoms with E-state index in [0.29, 0.717) is 17.2 Å². The van der Waals surface area contributed by atoms with E-state index in [1.165, 1.54) is 0 Å². The smallest absolute Gasteiger partial charge is 0.242 e. The van der Waals surface area contributed by atoms with Gasteiger partial charge >= 0.3 is 0 Å². The number of H-pyrrole nitrogens is 1. The van der Waals surface area contributed by atoms with Gasteiger partial charge in [-0.25, -0.2) is 0 Å². The highest BCUT2D eigenvalue weighted by molar-refractivity contribution is 7.71. The zero-order chi connectivity index (χ0) is 15.7. The summed E-state index contributed by atoms with van der Waals surface area (Å²) in [6, 6.07) is -0.370.